The average molecular weight is 249 g/mol. The first-order valence-electron chi connectivity index (χ1n) is 4.43. The van der Waals surface area contributed by atoms with Gasteiger partial charge in [0.25, 0.3) is 10.2 Å². The van der Waals surface area contributed by atoms with Gasteiger partial charge in [-0.2, -0.15) is 13.1 Å². The van der Waals surface area contributed by atoms with Gasteiger partial charge >= 0.3 is 0 Å². The number of halogens is 1. The summed E-state index contributed by atoms with van der Waals surface area (Å²) in [4.78, 5) is 0. The summed E-state index contributed by atoms with van der Waals surface area (Å²) in [6, 6.07) is 7.07. The largest absolute Gasteiger partial charge is 0.299 e. The molecule has 0 spiro atoms. The molecule has 1 aromatic rings. The van der Waals surface area contributed by atoms with Crippen molar-refractivity contribution in [3.05, 3.63) is 29.8 Å². The molecule has 6 heteroatoms. The quantitative estimate of drug-likeness (QED) is 0.776. The molecule has 1 aromatic carbocycles. The number of hydrogen-bond donors (Lipinski definition) is 2. The molecule has 2 N–H and O–H groups in total. The Morgan fingerprint density at radius 3 is 2.40 bits per heavy atom. The van der Waals surface area contributed by atoms with Crippen molar-refractivity contribution < 1.29 is 8.42 Å². The third-order valence-corrected chi connectivity index (χ3v) is 2.97. The van der Waals surface area contributed by atoms with E-state index in [-0.39, 0.29) is 12.4 Å². The van der Waals surface area contributed by atoms with Crippen molar-refractivity contribution in [2.75, 3.05) is 17.1 Å². The van der Waals surface area contributed by atoms with Gasteiger partial charge in [-0.3, -0.25) is 4.72 Å². The van der Waals surface area contributed by atoms with Gasteiger partial charge in [-0.15, -0.1) is 11.6 Å². The van der Waals surface area contributed by atoms with E-state index in [4.69, 9.17) is 11.6 Å². The van der Waals surface area contributed by atoms with Crippen LogP contribution in [0.15, 0.2) is 24.3 Å². The maximum atomic E-state index is 11.4. The zero-order chi connectivity index (χ0) is 11.3. The van der Waals surface area contributed by atoms with E-state index in [1.165, 1.54) is 0 Å². The van der Waals surface area contributed by atoms with Crippen molar-refractivity contribution in [3.8, 4) is 0 Å². The topological polar surface area (TPSA) is 58.2 Å². The van der Waals surface area contributed by atoms with Gasteiger partial charge in [-0.25, -0.2) is 0 Å². The fourth-order valence-electron chi connectivity index (χ4n) is 0.986. The van der Waals surface area contributed by atoms with E-state index in [1.54, 1.807) is 12.1 Å². The SMILES string of the molecule is Cc1ccc(NS(=O)(=O)NCCCl)cc1. The minimum absolute atomic E-state index is 0.211. The van der Waals surface area contributed by atoms with Gasteiger partial charge in [0.1, 0.15) is 0 Å². The molecule has 0 amide bonds. The maximum Gasteiger partial charge on any atom is 0.299 e. The zero-order valence-electron chi connectivity index (χ0n) is 8.33. The molecule has 0 aliphatic carbocycles. The summed E-state index contributed by atoms with van der Waals surface area (Å²) < 4.78 is 27.4. The summed E-state index contributed by atoms with van der Waals surface area (Å²) in [6.07, 6.45) is 0. The van der Waals surface area contributed by atoms with Gasteiger partial charge in [0, 0.05) is 18.1 Å². The van der Waals surface area contributed by atoms with Gasteiger partial charge in [0.05, 0.1) is 0 Å². The van der Waals surface area contributed by atoms with Crippen LogP contribution in [0.25, 0.3) is 0 Å². The number of nitrogens with one attached hydrogen (secondary N) is 2. The first-order valence-corrected chi connectivity index (χ1v) is 6.45. The standard InChI is InChI=1S/C9H13ClN2O2S/c1-8-2-4-9(5-3-8)12-15(13,14)11-7-6-10/h2-5,11-12H,6-7H2,1H3. The molecule has 84 valence electrons. The van der Waals surface area contributed by atoms with Crippen molar-refractivity contribution in [2.45, 2.75) is 6.92 Å². The number of hydrogen-bond acceptors (Lipinski definition) is 2. The van der Waals surface area contributed by atoms with Crippen molar-refractivity contribution in [2.24, 2.45) is 0 Å². The van der Waals surface area contributed by atoms with Crippen LogP contribution in [0.2, 0.25) is 0 Å². The molecular weight excluding hydrogens is 236 g/mol. The van der Waals surface area contributed by atoms with Gasteiger partial charge in [-0.05, 0) is 19.1 Å². The highest BCUT2D eigenvalue weighted by Crippen LogP contribution is 2.09. The maximum absolute atomic E-state index is 11.4. The summed E-state index contributed by atoms with van der Waals surface area (Å²) in [5, 5.41) is 0. The predicted molar refractivity (Wildman–Crippen MR) is 62.4 cm³/mol. The lowest BCUT2D eigenvalue weighted by molar-refractivity contribution is 0.589. The summed E-state index contributed by atoms with van der Waals surface area (Å²) in [6.45, 7) is 2.15. The summed E-state index contributed by atoms with van der Waals surface area (Å²) in [5.74, 6) is 0.245. The van der Waals surface area contributed by atoms with Crippen LogP contribution >= 0.6 is 11.6 Å². The van der Waals surface area contributed by atoms with E-state index in [1.807, 2.05) is 19.1 Å². The smallest absolute Gasteiger partial charge is 0.271 e. The molecule has 0 atom stereocenters. The molecule has 0 heterocycles. The van der Waals surface area contributed by atoms with Gasteiger partial charge in [0.15, 0.2) is 0 Å². The van der Waals surface area contributed by atoms with E-state index in [9.17, 15) is 8.42 Å². The summed E-state index contributed by atoms with van der Waals surface area (Å²) >= 11 is 5.38. The Morgan fingerprint density at radius 2 is 1.87 bits per heavy atom. The number of rotatable bonds is 5. The Bertz CT molecular complexity index is 403. The number of aryl methyl sites for hydroxylation is 1. The van der Waals surface area contributed by atoms with Crippen LogP contribution < -0.4 is 9.44 Å². The van der Waals surface area contributed by atoms with Crippen molar-refractivity contribution in [1.29, 1.82) is 0 Å². The number of alkyl halides is 1. The lowest BCUT2D eigenvalue weighted by atomic mass is 10.2. The Labute approximate surface area is 94.8 Å². The first-order chi connectivity index (χ1) is 7.03. The second-order valence-corrected chi connectivity index (χ2v) is 4.93. The highest BCUT2D eigenvalue weighted by molar-refractivity contribution is 7.90. The summed E-state index contributed by atoms with van der Waals surface area (Å²) in [5.41, 5.74) is 1.61. The van der Waals surface area contributed by atoms with Crippen LogP contribution in [-0.2, 0) is 10.2 Å². The van der Waals surface area contributed by atoms with Crippen LogP contribution in [0.3, 0.4) is 0 Å². The Hall–Kier alpha value is -0.780. The van der Waals surface area contributed by atoms with Crippen LogP contribution in [0, 0.1) is 6.92 Å². The van der Waals surface area contributed by atoms with E-state index in [0.717, 1.165) is 5.56 Å². The van der Waals surface area contributed by atoms with Crippen LogP contribution in [0.5, 0.6) is 0 Å². The molecule has 0 unspecified atom stereocenters. The Kier molecular flexibility index (Phi) is 4.38. The highest BCUT2D eigenvalue weighted by atomic mass is 35.5. The van der Waals surface area contributed by atoms with Crippen LogP contribution in [-0.4, -0.2) is 20.8 Å². The van der Waals surface area contributed by atoms with E-state index in [0.29, 0.717) is 5.69 Å². The summed E-state index contributed by atoms with van der Waals surface area (Å²) in [7, 11) is -3.49. The van der Waals surface area contributed by atoms with E-state index < -0.39 is 10.2 Å². The number of anilines is 1. The Morgan fingerprint density at radius 1 is 1.27 bits per heavy atom. The van der Waals surface area contributed by atoms with Gasteiger partial charge < -0.3 is 0 Å². The zero-order valence-corrected chi connectivity index (χ0v) is 9.90. The van der Waals surface area contributed by atoms with E-state index in [2.05, 4.69) is 9.44 Å². The molecular formula is C9H13ClN2O2S. The van der Waals surface area contributed by atoms with Crippen molar-refractivity contribution in [3.63, 3.8) is 0 Å². The average Bonchev–Trinajstić information content (AvgIpc) is 2.18. The molecule has 0 saturated heterocycles. The highest BCUT2D eigenvalue weighted by Gasteiger charge is 2.07. The molecule has 4 nitrogen and oxygen atoms in total. The first kappa shape index (κ1) is 12.3. The second-order valence-electron chi connectivity index (χ2n) is 3.05. The van der Waals surface area contributed by atoms with Crippen LogP contribution in [0.1, 0.15) is 5.56 Å². The molecule has 0 aliphatic heterocycles. The van der Waals surface area contributed by atoms with Crippen molar-refractivity contribution in [1.82, 2.24) is 4.72 Å². The molecule has 0 aliphatic rings. The van der Waals surface area contributed by atoms with E-state index >= 15 is 0 Å². The number of benzene rings is 1. The third kappa shape index (κ3) is 4.51. The molecule has 0 bridgehead atoms. The third-order valence-electron chi connectivity index (χ3n) is 1.69. The molecule has 1 rings (SSSR count). The van der Waals surface area contributed by atoms with Gasteiger partial charge in [-0.1, -0.05) is 17.7 Å². The minimum atomic E-state index is -3.49. The Balaban J connectivity index is 2.65. The van der Waals surface area contributed by atoms with Gasteiger partial charge in [0.2, 0.25) is 0 Å². The molecule has 0 saturated carbocycles. The second kappa shape index (κ2) is 5.34. The minimum Gasteiger partial charge on any atom is -0.271 e. The fourth-order valence-corrected chi connectivity index (χ4v) is 2.08. The molecule has 0 radical (unpaired) electrons. The predicted octanol–water partition coefficient (Wildman–Crippen LogP) is 1.48. The molecule has 0 fully saturated rings. The normalized spacial score (nSPS) is 11.3. The van der Waals surface area contributed by atoms with Crippen LogP contribution in [0.4, 0.5) is 5.69 Å². The monoisotopic (exact) mass is 248 g/mol. The lowest BCUT2D eigenvalue weighted by Gasteiger charge is -2.08. The molecule has 0 aromatic heterocycles. The molecule has 15 heavy (non-hydrogen) atoms. The fraction of sp³-hybridized carbons (Fsp3) is 0.333. The van der Waals surface area contributed by atoms with Crippen molar-refractivity contribution >= 4 is 27.5 Å². The lowest BCUT2D eigenvalue weighted by Crippen LogP contribution is -2.31.